The summed E-state index contributed by atoms with van der Waals surface area (Å²) in [5, 5.41) is 2.81. The van der Waals surface area contributed by atoms with Gasteiger partial charge in [-0.3, -0.25) is 4.79 Å². The highest BCUT2D eigenvalue weighted by Gasteiger charge is 2.22. The summed E-state index contributed by atoms with van der Waals surface area (Å²) >= 11 is 0. The normalized spacial score (nSPS) is 24.3. The molecular weight excluding hydrogens is 168 g/mol. The van der Waals surface area contributed by atoms with Crippen LogP contribution in [0.4, 0.5) is 0 Å². The molecule has 4 heteroatoms. The summed E-state index contributed by atoms with van der Waals surface area (Å²) in [7, 11) is 0. The van der Waals surface area contributed by atoms with Gasteiger partial charge in [0.2, 0.25) is 5.91 Å². The number of hydrogen-bond donors (Lipinski definition) is 2. The van der Waals surface area contributed by atoms with Crippen molar-refractivity contribution in [2.45, 2.75) is 38.3 Å². The van der Waals surface area contributed by atoms with Gasteiger partial charge in [0.15, 0.2) is 0 Å². The van der Waals surface area contributed by atoms with Gasteiger partial charge in [0, 0.05) is 19.2 Å². The zero-order valence-electron chi connectivity index (χ0n) is 8.08. The molecule has 1 rings (SSSR count). The van der Waals surface area contributed by atoms with Crippen molar-refractivity contribution in [3.63, 3.8) is 0 Å². The Labute approximate surface area is 78.8 Å². The minimum atomic E-state index is -0.215. The van der Waals surface area contributed by atoms with Crippen molar-refractivity contribution in [3.05, 3.63) is 0 Å². The van der Waals surface area contributed by atoms with E-state index in [0.29, 0.717) is 13.2 Å². The van der Waals surface area contributed by atoms with Crippen LogP contribution < -0.4 is 11.1 Å². The molecule has 1 fully saturated rings. The average molecular weight is 186 g/mol. The first-order valence-electron chi connectivity index (χ1n) is 4.85. The molecule has 1 aliphatic rings. The van der Waals surface area contributed by atoms with Gasteiger partial charge in [-0.1, -0.05) is 0 Å². The summed E-state index contributed by atoms with van der Waals surface area (Å²) in [6.45, 7) is 3.29. The Hall–Kier alpha value is -0.610. The van der Waals surface area contributed by atoms with E-state index in [2.05, 4.69) is 5.32 Å². The van der Waals surface area contributed by atoms with Crippen molar-refractivity contribution >= 4 is 5.91 Å². The number of hydrogen-bond acceptors (Lipinski definition) is 3. The Morgan fingerprint density at radius 2 is 2.54 bits per heavy atom. The molecular formula is C9H18N2O2. The number of rotatable bonds is 4. The van der Waals surface area contributed by atoms with E-state index < -0.39 is 0 Å². The summed E-state index contributed by atoms with van der Waals surface area (Å²) < 4.78 is 5.23. The largest absolute Gasteiger partial charge is 0.368 e. The van der Waals surface area contributed by atoms with Gasteiger partial charge in [-0.15, -0.1) is 0 Å². The van der Waals surface area contributed by atoms with Crippen molar-refractivity contribution < 1.29 is 9.53 Å². The van der Waals surface area contributed by atoms with Crippen LogP contribution in [0.25, 0.3) is 0 Å². The summed E-state index contributed by atoms with van der Waals surface area (Å²) in [5.41, 5.74) is 5.55. The summed E-state index contributed by atoms with van der Waals surface area (Å²) in [4.78, 5) is 11.3. The minimum Gasteiger partial charge on any atom is -0.368 e. The van der Waals surface area contributed by atoms with Crippen molar-refractivity contribution in [3.8, 4) is 0 Å². The quantitative estimate of drug-likeness (QED) is 0.650. The lowest BCUT2D eigenvalue weighted by Crippen LogP contribution is -2.36. The standard InChI is InChI=1S/C9H18N2O2/c1-7(10)4-5-11-9(12)8-3-2-6-13-8/h7-8H,2-6,10H2,1H3,(H,11,12)/t7?,8-/m0/s1. The number of carbonyl (C=O) groups excluding carboxylic acids is 1. The molecule has 0 saturated carbocycles. The molecule has 0 bridgehead atoms. The highest BCUT2D eigenvalue weighted by Crippen LogP contribution is 2.11. The van der Waals surface area contributed by atoms with E-state index in [0.717, 1.165) is 19.3 Å². The topological polar surface area (TPSA) is 64.3 Å². The Kier molecular flexibility index (Phi) is 4.18. The van der Waals surface area contributed by atoms with Crippen LogP contribution in [-0.4, -0.2) is 31.2 Å². The zero-order chi connectivity index (χ0) is 9.68. The third-order valence-corrected chi connectivity index (χ3v) is 2.12. The molecule has 0 aromatic rings. The van der Waals surface area contributed by atoms with Gasteiger partial charge < -0.3 is 15.8 Å². The first-order valence-corrected chi connectivity index (χ1v) is 4.85. The number of carbonyl (C=O) groups is 1. The van der Waals surface area contributed by atoms with Crippen LogP contribution in [0.5, 0.6) is 0 Å². The van der Waals surface area contributed by atoms with Crippen molar-refractivity contribution in [1.29, 1.82) is 0 Å². The van der Waals surface area contributed by atoms with Gasteiger partial charge in [0.1, 0.15) is 6.10 Å². The molecule has 1 saturated heterocycles. The highest BCUT2D eigenvalue weighted by atomic mass is 16.5. The van der Waals surface area contributed by atoms with Gasteiger partial charge in [-0.05, 0) is 26.2 Å². The second-order valence-corrected chi connectivity index (χ2v) is 3.56. The van der Waals surface area contributed by atoms with E-state index in [4.69, 9.17) is 10.5 Å². The molecule has 1 heterocycles. The molecule has 13 heavy (non-hydrogen) atoms. The maximum atomic E-state index is 11.3. The fourth-order valence-electron chi connectivity index (χ4n) is 1.32. The van der Waals surface area contributed by atoms with E-state index in [1.165, 1.54) is 0 Å². The van der Waals surface area contributed by atoms with Crippen molar-refractivity contribution in [2.24, 2.45) is 5.73 Å². The lowest BCUT2D eigenvalue weighted by Gasteiger charge is -2.11. The monoisotopic (exact) mass is 186 g/mol. The van der Waals surface area contributed by atoms with Crippen LogP contribution in [0.1, 0.15) is 26.2 Å². The van der Waals surface area contributed by atoms with Crippen LogP contribution in [0.15, 0.2) is 0 Å². The van der Waals surface area contributed by atoms with Crippen molar-refractivity contribution in [2.75, 3.05) is 13.2 Å². The molecule has 0 aromatic heterocycles. The molecule has 4 nitrogen and oxygen atoms in total. The van der Waals surface area contributed by atoms with Gasteiger partial charge in [0.05, 0.1) is 0 Å². The van der Waals surface area contributed by atoms with Crippen LogP contribution in [0.2, 0.25) is 0 Å². The van der Waals surface area contributed by atoms with E-state index in [9.17, 15) is 4.79 Å². The van der Waals surface area contributed by atoms with Gasteiger partial charge >= 0.3 is 0 Å². The first kappa shape index (κ1) is 10.5. The maximum Gasteiger partial charge on any atom is 0.249 e. The van der Waals surface area contributed by atoms with Gasteiger partial charge in [-0.2, -0.15) is 0 Å². The first-order chi connectivity index (χ1) is 6.20. The fraction of sp³-hybridized carbons (Fsp3) is 0.889. The third-order valence-electron chi connectivity index (χ3n) is 2.12. The molecule has 1 amide bonds. The smallest absolute Gasteiger partial charge is 0.249 e. The molecule has 0 radical (unpaired) electrons. The van der Waals surface area contributed by atoms with E-state index in [1.54, 1.807) is 0 Å². The molecule has 76 valence electrons. The second kappa shape index (κ2) is 5.19. The lowest BCUT2D eigenvalue weighted by atomic mass is 10.2. The highest BCUT2D eigenvalue weighted by molar-refractivity contribution is 5.80. The van der Waals surface area contributed by atoms with Crippen LogP contribution in [-0.2, 0) is 9.53 Å². The zero-order valence-corrected chi connectivity index (χ0v) is 8.08. The summed E-state index contributed by atoms with van der Waals surface area (Å²) in [6, 6.07) is 0.143. The maximum absolute atomic E-state index is 11.3. The van der Waals surface area contributed by atoms with E-state index >= 15 is 0 Å². The second-order valence-electron chi connectivity index (χ2n) is 3.56. The van der Waals surface area contributed by atoms with Crippen LogP contribution in [0.3, 0.4) is 0 Å². The number of nitrogens with two attached hydrogens (primary N) is 1. The Balaban J connectivity index is 2.10. The van der Waals surface area contributed by atoms with E-state index in [-0.39, 0.29) is 18.1 Å². The van der Waals surface area contributed by atoms with Gasteiger partial charge in [-0.25, -0.2) is 0 Å². The number of nitrogens with one attached hydrogen (secondary N) is 1. The van der Waals surface area contributed by atoms with Crippen LogP contribution in [0, 0.1) is 0 Å². The molecule has 2 atom stereocenters. The third kappa shape index (κ3) is 3.74. The molecule has 1 aliphatic heterocycles. The molecule has 0 aromatic carbocycles. The minimum absolute atomic E-state index is 0.0122. The fourth-order valence-corrected chi connectivity index (χ4v) is 1.32. The Morgan fingerprint density at radius 1 is 1.77 bits per heavy atom. The predicted octanol–water partition coefficient (Wildman–Crippen LogP) is 0.0189. The SMILES string of the molecule is CC(N)CCNC(=O)[C@@H]1CCCO1. The number of ether oxygens (including phenoxy) is 1. The predicted molar refractivity (Wildman–Crippen MR) is 50.3 cm³/mol. The van der Waals surface area contributed by atoms with Crippen LogP contribution >= 0.6 is 0 Å². The summed E-state index contributed by atoms with van der Waals surface area (Å²) in [5.74, 6) is 0.0122. The Bertz CT molecular complexity index is 165. The average Bonchev–Trinajstić information content (AvgIpc) is 2.55. The summed E-state index contributed by atoms with van der Waals surface area (Å²) in [6.07, 6.45) is 2.45. The molecule has 0 spiro atoms. The lowest BCUT2D eigenvalue weighted by molar-refractivity contribution is -0.130. The molecule has 3 N–H and O–H groups in total. The van der Waals surface area contributed by atoms with E-state index in [1.807, 2.05) is 6.92 Å². The molecule has 1 unspecified atom stereocenters. The molecule has 0 aliphatic carbocycles. The number of amides is 1. The van der Waals surface area contributed by atoms with Gasteiger partial charge in [0.25, 0.3) is 0 Å². The Morgan fingerprint density at radius 3 is 3.08 bits per heavy atom. The van der Waals surface area contributed by atoms with Crippen molar-refractivity contribution in [1.82, 2.24) is 5.32 Å².